The van der Waals surface area contributed by atoms with Gasteiger partial charge in [-0.1, -0.05) is 0 Å². The SMILES string of the molecule is CC(C)OCC(=O)CCCN(C)C. The van der Waals surface area contributed by atoms with Crippen molar-refractivity contribution in [2.45, 2.75) is 32.8 Å². The van der Waals surface area contributed by atoms with Crippen LogP contribution in [0.1, 0.15) is 26.7 Å². The van der Waals surface area contributed by atoms with Crippen molar-refractivity contribution in [1.82, 2.24) is 4.90 Å². The van der Waals surface area contributed by atoms with Gasteiger partial charge in [-0.15, -0.1) is 0 Å². The zero-order chi connectivity index (χ0) is 10.3. The summed E-state index contributed by atoms with van der Waals surface area (Å²) < 4.78 is 5.20. The van der Waals surface area contributed by atoms with E-state index in [0.717, 1.165) is 13.0 Å². The molecule has 3 nitrogen and oxygen atoms in total. The second-order valence-electron chi connectivity index (χ2n) is 3.81. The molecule has 0 aliphatic heterocycles. The number of hydrogen-bond acceptors (Lipinski definition) is 3. The number of ether oxygens (including phenoxy) is 1. The summed E-state index contributed by atoms with van der Waals surface area (Å²) in [6.45, 7) is 5.11. The molecule has 0 fully saturated rings. The first kappa shape index (κ1) is 12.6. The van der Waals surface area contributed by atoms with E-state index in [0.29, 0.717) is 6.42 Å². The van der Waals surface area contributed by atoms with Crippen molar-refractivity contribution in [2.75, 3.05) is 27.2 Å². The number of Topliss-reactive ketones (excluding diaryl/α,β-unsaturated/α-hetero) is 1. The highest BCUT2D eigenvalue weighted by atomic mass is 16.5. The second-order valence-corrected chi connectivity index (χ2v) is 3.81. The number of nitrogens with zero attached hydrogens (tertiary/aromatic N) is 1. The van der Waals surface area contributed by atoms with Gasteiger partial charge in [0, 0.05) is 6.42 Å². The molecule has 0 radical (unpaired) electrons. The van der Waals surface area contributed by atoms with Crippen LogP contribution in [0, 0.1) is 0 Å². The van der Waals surface area contributed by atoms with E-state index in [1.54, 1.807) is 0 Å². The van der Waals surface area contributed by atoms with E-state index in [2.05, 4.69) is 4.90 Å². The van der Waals surface area contributed by atoms with E-state index < -0.39 is 0 Å². The summed E-state index contributed by atoms with van der Waals surface area (Å²) in [6.07, 6.45) is 1.70. The topological polar surface area (TPSA) is 29.5 Å². The van der Waals surface area contributed by atoms with Crippen LogP contribution in [0.3, 0.4) is 0 Å². The number of hydrogen-bond donors (Lipinski definition) is 0. The van der Waals surface area contributed by atoms with Gasteiger partial charge < -0.3 is 9.64 Å². The van der Waals surface area contributed by atoms with Gasteiger partial charge in [0.25, 0.3) is 0 Å². The van der Waals surface area contributed by atoms with Gasteiger partial charge in [-0.3, -0.25) is 4.79 Å². The summed E-state index contributed by atoms with van der Waals surface area (Å²) in [6, 6.07) is 0. The van der Waals surface area contributed by atoms with Gasteiger partial charge in [-0.25, -0.2) is 0 Å². The van der Waals surface area contributed by atoms with Crippen molar-refractivity contribution in [3.63, 3.8) is 0 Å². The highest BCUT2D eigenvalue weighted by Gasteiger charge is 2.03. The maximum absolute atomic E-state index is 11.2. The molecule has 0 aliphatic rings. The van der Waals surface area contributed by atoms with Crippen LogP contribution in [-0.2, 0) is 9.53 Å². The van der Waals surface area contributed by atoms with Gasteiger partial charge in [0.05, 0.1) is 6.10 Å². The summed E-state index contributed by atoms with van der Waals surface area (Å²) >= 11 is 0. The molecule has 0 aromatic rings. The molecule has 0 bridgehead atoms. The molecule has 0 aliphatic carbocycles. The first-order chi connectivity index (χ1) is 6.02. The normalized spacial score (nSPS) is 11.2. The molecule has 0 spiro atoms. The summed E-state index contributed by atoms with van der Waals surface area (Å²) in [5, 5.41) is 0. The molecule has 3 heteroatoms. The maximum Gasteiger partial charge on any atom is 0.158 e. The standard InChI is InChI=1S/C10H21NO2/c1-9(2)13-8-10(12)6-5-7-11(3)4/h9H,5-8H2,1-4H3. The summed E-state index contributed by atoms with van der Waals surface area (Å²) in [7, 11) is 4.02. The lowest BCUT2D eigenvalue weighted by Crippen LogP contribution is -2.17. The third-order valence-electron chi connectivity index (χ3n) is 1.64. The molecular formula is C10H21NO2. The van der Waals surface area contributed by atoms with Crippen LogP contribution in [0.5, 0.6) is 0 Å². The first-order valence-electron chi connectivity index (χ1n) is 4.80. The van der Waals surface area contributed by atoms with Gasteiger partial charge in [0.15, 0.2) is 5.78 Å². The van der Waals surface area contributed by atoms with Gasteiger partial charge in [-0.2, -0.15) is 0 Å². The average molecular weight is 187 g/mol. The van der Waals surface area contributed by atoms with Crippen molar-refractivity contribution >= 4 is 5.78 Å². The number of ketones is 1. The molecule has 0 amide bonds. The molecular weight excluding hydrogens is 166 g/mol. The number of carbonyl (C=O) groups excluding carboxylic acids is 1. The van der Waals surface area contributed by atoms with Gasteiger partial charge >= 0.3 is 0 Å². The number of rotatable bonds is 7. The first-order valence-corrected chi connectivity index (χ1v) is 4.80. The minimum absolute atomic E-state index is 0.151. The summed E-state index contributed by atoms with van der Waals surface area (Å²) in [5.41, 5.74) is 0. The molecule has 0 saturated carbocycles. The lowest BCUT2D eigenvalue weighted by atomic mass is 10.2. The third kappa shape index (κ3) is 9.50. The van der Waals surface area contributed by atoms with Crippen molar-refractivity contribution in [2.24, 2.45) is 0 Å². The summed E-state index contributed by atoms with van der Waals surface area (Å²) in [5.74, 6) is 0.204. The largest absolute Gasteiger partial charge is 0.371 e. The average Bonchev–Trinajstić information content (AvgIpc) is 2.00. The Balaban J connectivity index is 3.30. The monoisotopic (exact) mass is 187 g/mol. The van der Waals surface area contributed by atoms with Crippen LogP contribution >= 0.6 is 0 Å². The molecule has 78 valence electrons. The molecule has 0 N–H and O–H groups in total. The Morgan fingerprint density at radius 2 is 2.00 bits per heavy atom. The quantitative estimate of drug-likeness (QED) is 0.602. The van der Waals surface area contributed by atoms with Crippen molar-refractivity contribution in [1.29, 1.82) is 0 Å². The Labute approximate surface area is 81.1 Å². The minimum Gasteiger partial charge on any atom is -0.371 e. The molecule has 0 saturated heterocycles. The van der Waals surface area contributed by atoms with Crippen LogP contribution in [0.25, 0.3) is 0 Å². The van der Waals surface area contributed by atoms with Gasteiger partial charge in [0.1, 0.15) is 6.61 Å². The minimum atomic E-state index is 0.151. The van der Waals surface area contributed by atoms with Crippen molar-refractivity contribution < 1.29 is 9.53 Å². The van der Waals surface area contributed by atoms with Crippen molar-refractivity contribution in [3.8, 4) is 0 Å². The molecule has 0 unspecified atom stereocenters. The molecule has 0 rings (SSSR count). The Kier molecular flexibility index (Phi) is 6.82. The second kappa shape index (κ2) is 7.04. The maximum atomic E-state index is 11.2. The Hall–Kier alpha value is -0.410. The van der Waals surface area contributed by atoms with E-state index in [1.807, 2.05) is 27.9 Å². The Bertz CT molecular complexity index is 144. The van der Waals surface area contributed by atoms with Crippen molar-refractivity contribution in [3.05, 3.63) is 0 Å². The van der Waals surface area contributed by atoms with E-state index in [4.69, 9.17) is 4.74 Å². The molecule has 0 aromatic carbocycles. The number of carbonyl (C=O) groups is 1. The van der Waals surface area contributed by atoms with Crippen LogP contribution < -0.4 is 0 Å². The highest BCUT2D eigenvalue weighted by molar-refractivity contribution is 5.79. The van der Waals surface area contributed by atoms with E-state index in [1.165, 1.54) is 0 Å². The Morgan fingerprint density at radius 3 is 2.46 bits per heavy atom. The lowest BCUT2D eigenvalue weighted by molar-refractivity contribution is -0.125. The zero-order valence-corrected chi connectivity index (χ0v) is 9.17. The summed E-state index contributed by atoms with van der Waals surface area (Å²) in [4.78, 5) is 13.3. The fourth-order valence-electron chi connectivity index (χ4n) is 0.924. The fraction of sp³-hybridized carbons (Fsp3) is 0.900. The van der Waals surface area contributed by atoms with E-state index >= 15 is 0 Å². The fourth-order valence-corrected chi connectivity index (χ4v) is 0.924. The van der Waals surface area contributed by atoms with E-state index in [-0.39, 0.29) is 18.5 Å². The van der Waals surface area contributed by atoms with Crippen LogP contribution in [0.4, 0.5) is 0 Å². The zero-order valence-electron chi connectivity index (χ0n) is 9.17. The van der Waals surface area contributed by atoms with Crippen LogP contribution in [0.2, 0.25) is 0 Å². The van der Waals surface area contributed by atoms with E-state index in [9.17, 15) is 4.79 Å². The third-order valence-corrected chi connectivity index (χ3v) is 1.64. The van der Waals surface area contributed by atoms with Gasteiger partial charge in [-0.05, 0) is 40.9 Å². The molecule has 0 atom stereocenters. The smallest absolute Gasteiger partial charge is 0.158 e. The molecule has 0 heterocycles. The Morgan fingerprint density at radius 1 is 1.38 bits per heavy atom. The molecule has 13 heavy (non-hydrogen) atoms. The van der Waals surface area contributed by atoms with Gasteiger partial charge in [0.2, 0.25) is 0 Å². The van der Waals surface area contributed by atoms with Crippen LogP contribution in [-0.4, -0.2) is 44.0 Å². The molecule has 0 aromatic heterocycles. The van der Waals surface area contributed by atoms with Crippen LogP contribution in [0.15, 0.2) is 0 Å². The predicted octanol–water partition coefficient (Wildman–Crippen LogP) is 1.32. The predicted molar refractivity (Wildman–Crippen MR) is 53.9 cm³/mol. The highest BCUT2D eigenvalue weighted by Crippen LogP contribution is 1.95. The lowest BCUT2D eigenvalue weighted by Gasteiger charge is -2.09.